The molecule has 3 nitrogen and oxygen atoms in total. The van der Waals surface area contributed by atoms with Gasteiger partial charge >= 0.3 is 6.18 Å². The average Bonchev–Trinajstić information content (AvgIpc) is 3.26. The lowest BCUT2D eigenvalue weighted by Crippen LogP contribution is -2.42. The molecule has 202 valence electrons. The number of rotatable bonds is 7. The molecule has 4 rings (SSSR count). The van der Waals surface area contributed by atoms with E-state index < -0.39 is 29.2 Å². The van der Waals surface area contributed by atoms with Gasteiger partial charge < -0.3 is 4.90 Å². The number of carbonyl (C=O) groups is 1. The molecule has 0 aromatic heterocycles. The lowest BCUT2D eigenvalue weighted by Gasteiger charge is -2.32. The Morgan fingerprint density at radius 2 is 1.66 bits per heavy atom. The van der Waals surface area contributed by atoms with Crippen LogP contribution in [0.2, 0.25) is 0 Å². The van der Waals surface area contributed by atoms with Crippen LogP contribution < -0.4 is 0 Å². The van der Waals surface area contributed by atoms with E-state index in [4.69, 9.17) is 0 Å². The Kier molecular flexibility index (Phi) is 8.16. The predicted molar refractivity (Wildman–Crippen MR) is 132 cm³/mol. The van der Waals surface area contributed by atoms with Crippen molar-refractivity contribution in [3.05, 3.63) is 106 Å². The lowest BCUT2D eigenvalue weighted by molar-refractivity contribution is -0.137. The summed E-state index contributed by atoms with van der Waals surface area (Å²) in [4.78, 5) is 16.9. The van der Waals surface area contributed by atoms with Crippen molar-refractivity contribution < 1.29 is 31.1 Å². The van der Waals surface area contributed by atoms with E-state index in [2.05, 4.69) is 0 Å². The van der Waals surface area contributed by atoms with Gasteiger partial charge in [-0.1, -0.05) is 24.3 Å². The standard InChI is InChI=1S/C29H28F6N2O/c1-18(2)37(28(38)20-7-9-24(30)10-8-20)16-22-15-36(14-19-6-11-26(31)27(32)12-19)17-25(22)21-4-3-5-23(13-21)29(33,34)35/h3-13,18,22,25H,14-17H2,1-2H3/t22-,25-/m1/s1. The van der Waals surface area contributed by atoms with Crippen LogP contribution in [0.25, 0.3) is 0 Å². The van der Waals surface area contributed by atoms with Crippen molar-refractivity contribution in [3.63, 3.8) is 0 Å². The van der Waals surface area contributed by atoms with Gasteiger partial charge in [-0.15, -0.1) is 0 Å². The number of halogens is 6. The third kappa shape index (κ3) is 6.38. The van der Waals surface area contributed by atoms with Crippen molar-refractivity contribution in [2.45, 2.75) is 38.5 Å². The Labute approximate surface area is 217 Å². The molecule has 1 heterocycles. The highest BCUT2D eigenvalue weighted by atomic mass is 19.4. The van der Waals surface area contributed by atoms with E-state index in [1.54, 1.807) is 11.0 Å². The Balaban J connectivity index is 1.63. The molecule has 1 fully saturated rings. The molecular formula is C29H28F6N2O. The molecular weight excluding hydrogens is 506 g/mol. The Hall–Kier alpha value is -3.33. The van der Waals surface area contributed by atoms with Crippen LogP contribution >= 0.6 is 0 Å². The monoisotopic (exact) mass is 534 g/mol. The second-order valence-corrected chi connectivity index (χ2v) is 9.99. The van der Waals surface area contributed by atoms with E-state index in [0.29, 0.717) is 29.8 Å². The number of amides is 1. The smallest absolute Gasteiger partial charge is 0.336 e. The average molecular weight is 535 g/mol. The summed E-state index contributed by atoms with van der Waals surface area (Å²) in [6.07, 6.45) is -4.50. The van der Waals surface area contributed by atoms with Gasteiger partial charge in [0.05, 0.1) is 5.56 Å². The highest BCUT2D eigenvalue weighted by Gasteiger charge is 2.38. The summed E-state index contributed by atoms with van der Waals surface area (Å²) in [5, 5.41) is 0. The van der Waals surface area contributed by atoms with Gasteiger partial charge in [-0.05, 0) is 73.4 Å². The van der Waals surface area contributed by atoms with Crippen LogP contribution in [0.3, 0.4) is 0 Å². The maximum Gasteiger partial charge on any atom is 0.416 e. The van der Waals surface area contributed by atoms with Crippen LogP contribution in [0.1, 0.15) is 46.8 Å². The van der Waals surface area contributed by atoms with Gasteiger partial charge in [0, 0.05) is 43.7 Å². The third-order valence-corrected chi connectivity index (χ3v) is 6.96. The second kappa shape index (κ2) is 11.2. The fraction of sp³-hybridized carbons (Fsp3) is 0.345. The summed E-state index contributed by atoms with van der Waals surface area (Å²) in [6, 6.07) is 13.8. The third-order valence-electron chi connectivity index (χ3n) is 6.96. The first-order chi connectivity index (χ1) is 17.9. The maximum atomic E-state index is 13.8. The van der Waals surface area contributed by atoms with Gasteiger partial charge in [-0.3, -0.25) is 9.69 Å². The predicted octanol–water partition coefficient (Wildman–Crippen LogP) is 6.89. The molecule has 0 spiro atoms. The minimum absolute atomic E-state index is 0.227. The van der Waals surface area contributed by atoms with E-state index in [0.717, 1.165) is 24.3 Å². The zero-order chi connectivity index (χ0) is 27.6. The largest absolute Gasteiger partial charge is 0.416 e. The van der Waals surface area contributed by atoms with Crippen molar-refractivity contribution >= 4 is 5.91 Å². The van der Waals surface area contributed by atoms with Gasteiger partial charge in [-0.2, -0.15) is 13.2 Å². The second-order valence-electron chi connectivity index (χ2n) is 9.99. The molecule has 0 saturated carbocycles. The number of hydrogen-bond donors (Lipinski definition) is 0. The fourth-order valence-electron chi connectivity index (χ4n) is 5.03. The van der Waals surface area contributed by atoms with Crippen molar-refractivity contribution in [3.8, 4) is 0 Å². The first-order valence-electron chi connectivity index (χ1n) is 12.3. The first kappa shape index (κ1) is 27.7. The highest BCUT2D eigenvalue weighted by Crippen LogP contribution is 2.38. The topological polar surface area (TPSA) is 23.6 Å². The van der Waals surface area contributed by atoms with Gasteiger partial charge in [0.2, 0.25) is 0 Å². The highest BCUT2D eigenvalue weighted by molar-refractivity contribution is 5.94. The number of alkyl halides is 3. The molecule has 1 amide bonds. The molecule has 0 bridgehead atoms. The summed E-state index contributed by atoms with van der Waals surface area (Å²) in [6.45, 7) is 5.02. The molecule has 3 aromatic carbocycles. The lowest BCUT2D eigenvalue weighted by atomic mass is 9.87. The normalized spacial score (nSPS) is 18.2. The summed E-state index contributed by atoms with van der Waals surface area (Å²) in [5.41, 5.74) is 0.592. The molecule has 3 aromatic rings. The van der Waals surface area contributed by atoms with E-state index in [-0.39, 0.29) is 36.9 Å². The van der Waals surface area contributed by atoms with E-state index in [9.17, 15) is 31.1 Å². The van der Waals surface area contributed by atoms with Crippen molar-refractivity contribution in [2.75, 3.05) is 19.6 Å². The zero-order valence-electron chi connectivity index (χ0n) is 21.0. The van der Waals surface area contributed by atoms with Crippen LogP contribution in [0, 0.1) is 23.4 Å². The number of benzene rings is 3. The summed E-state index contributed by atoms with van der Waals surface area (Å²) < 4.78 is 81.0. The molecule has 2 atom stereocenters. The van der Waals surface area contributed by atoms with E-state index >= 15 is 0 Å². The van der Waals surface area contributed by atoms with E-state index in [1.807, 2.05) is 18.7 Å². The van der Waals surface area contributed by atoms with Crippen molar-refractivity contribution in [1.29, 1.82) is 0 Å². The SMILES string of the molecule is CC(C)N(C[C@H]1CN(Cc2ccc(F)c(F)c2)C[C@@H]1c1cccc(C(F)(F)F)c1)C(=O)c1ccc(F)cc1. The van der Waals surface area contributed by atoms with Crippen LogP contribution in [-0.4, -0.2) is 41.4 Å². The number of hydrogen-bond acceptors (Lipinski definition) is 2. The number of likely N-dealkylation sites (tertiary alicyclic amines) is 1. The Morgan fingerprint density at radius 3 is 2.29 bits per heavy atom. The van der Waals surface area contributed by atoms with Gasteiger partial charge in [0.15, 0.2) is 11.6 Å². The molecule has 38 heavy (non-hydrogen) atoms. The minimum Gasteiger partial charge on any atom is -0.336 e. The van der Waals surface area contributed by atoms with Gasteiger partial charge in [0.25, 0.3) is 5.91 Å². The molecule has 0 N–H and O–H groups in total. The maximum absolute atomic E-state index is 13.8. The molecule has 0 radical (unpaired) electrons. The zero-order valence-corrected chi connectivity index (χ0v) is 21.0. The minimum atomic E-state index is -4.50. The van der Waals surface area contributed by atoms with Crippen molar-refractivity contribution in [1.82, 2.24) is 9.80 Å². The fourth-order valence-corrected chi connectivity index (χ4v) is 5.03. The molecule has 1 aliphatic heterocycles. The molecule has 1 saturated heterocycles. The molecule has 1 aliphatic rings. The summed E-state index contributed by atoms with van der Waals surface area (Å²) in [5.74, 6) is -3.28. The van der Waals surface area contributed by atoms with Crippen LogP contribution in [0.5, 0.6) is 0 Å². The summed E-state index contributed by atoms with van der Waals surface area (Å²) >= 11 is 0. The van der Waals surface area contributed by atoms with Crippen LogP contribution in [-0.2, 0) is 12.7 Å². The molecule has 0 unspecified atom stereocenters. The summed E-state index contributed by atoms with van der Waals surface area (Å²) in [7, 11) is 0. The van der Waals surface area contributed by atoms with Gasteiger partial charge in [-0.25, -0.2) is 13.2 Å². The van der Waals surface area contributed by atoms with E-state index in [1.165, 1.54) is 36.4 Å². The molecule has 0 aliphatic carbocycles. The number of nitrogens with zero attached hydrogens (tertiary/aromatic N) is 2. The quantitative estimate of drug-likeness (QED) is 0.308. The first-order valence-corrected chi connectivity index (χ1v) is 12.3. The van der Waals surface area contributed by atoms with Crippen LogP contribution in [0.15, 0.2) is 66.7 Å². The van der Waals surface area contributed by atoms with Gasteiger partial charge in [0.1, 0.15) is 5.82 Å². The van der Waals surface area contributed by atoms with Crippen molar-refractivity contribution in [2.24, 2.45) is 5.92 Å². The Morgan fingerprint density at radius 1 is 0.947 bits per heavy atom. The Bertz CT molecular complexity index is 1270. The molecule has 9 heteroatoms. The number of carbonyl (C=O) groups excluding carboxylic acids is 1. The van der Waals surface area contributed by atoms with Crippen LogP contribution in [0.4, 0.5) is 26.3 Å².